The topological polar surface area (TPSA) is 45.9 Å². The van der Waals surface area contributed by atoms with Crippen molar-refractivity contribution in [1.29, 1.82) is 5.26 Å². The quantitative estimate of drug-likeness (QED) is 0.704. The highest BCUT2D eigenvalue weighted by Gasteiger charge is 2.11. The number of aromatic nitrogens is 1. The van der Waals surface area contributed by atoms with E-state index in [-0.39, 0.29) is 0 Å². The Morgan fingerprint density at radius 2 is 2.05 bits per heavy atom. The second-order valence-electron chi connectivity index (χ2n) is 4.43. The van der Waals surface area contributed by atoms with Gasteiger partial charge < -0.3 is 4.74 Å². The van der Waals surface area contributed by atoms with Gasteiger partial charge in [0, 0.05) is 23.3 Å². The first-order valence-corrected chi connectivity index (χ1v) is 6.25. The van der Waals surface area contributed by atoms with Crippen molar-refractivity contribution < 1.29 is 4.74 Å². The zero-order valence-electron chi connectivity index (χ0n) is 11.0. The van der Waals surface area contributed by atoms with Gasteiger partial charge in [-0.15, -0.1) is 0 Å². The number of hydrogen-bond donors (Lipinski definition) is 0. The summed E-state index contributed by atoms with van der Waals surface area (Å²) in [6.45, 7) is 0. The summed E-state index contributed by atoms with van der Waals surface area (Å²) in [6, 6.07) is 15.6. The Balaban J connectivity index is 2.36. The number of nitriles is 1. The Morgan fingerprint density at radius 1 is 1.15 bits per heavy atom. The van der Waals surface area contributed by atoms with Crippen molar-refractivity contribution in [2.75, 3.05) is 7.11 Å². The van der Waals surface area contributed by atoms with Crippen LogP contribution in [0.2, 0.25) is 0 Å². The van der Waals surface area contributed by atoms with E-state index in [0.29, 0.717) is 5.56 Å². The van der Waals surface area contributed by atoms with Crippen molar-refractivity contribution in [3.8, 4) is 22.9 Å². The molecule has 0 aliphatic rings. The Bertz CT molecular complexity index is 819. The highest BCUT2D eigenvalue weighted by molar-refractivity contribution is 5.99. The Hall–Kier alpha value is -2.86. The van der Waals surface area contributed by atoms with Crippen molar-refractivity contribution in [1.82, 2.24) is 4.98 Å². The molecule has 3 aromatic rings. The summed E-state index contributed by atoms with van der Waals surface area (Å²) in [5.74, 6) is 0.778. The van der Waals surface area contributed by atoms with Crippen LogP contribution < -0.4 is 4.74 Å². The Morgan fingerprint density at radius 3 is 2.85 bits per heavy atom. The molecule has 3 heteroatoms. The molecule has 0 fully saturated rings. The molecule has 1 aromatic heterocycles. The summed E-state index contributed by atoms with van der Waals surface area (Å²) in [5.41, 5.74) is 2.56. The second-order valence-corrected chi connectivity index (χ2v) is 4.43. The molecule has 0 aliphatic carbocycles. The molecule has 0 N–H and O–H groups in total. The minimum atomic E-state index is 0.630. The van der Waals surface area contributed by atoms with E-state index in [9.17, 15) is 0 Å². The first kappa shape index (κ1) is 12.2. The van der Waals surface area contributed by atoms with Gasteiger partial charge >= 0.3 is 0 Å². The minimum Gasteiger partial charge on any atom is -0.496 e. The Labute approximate surface area is 117 Å². The third kappa shape index (κ3) is 1.98. The normalized spacial score (nSPS) is 10.2. The lowest BCUT2D eigenvalue weighted by Gasteiger charge is -2.12. The molecule has 0 saturated heterocycles. The van der Waals surface area contributed by atoms with Crippen LogP contribution in [0.25, 0.3) is 21.9 Å². The van der Waals surface area contributed by atoms with Crippen molar-refractivity contribution in [2.45, 2.75) is 0 Å². The highest BCUT2D eigenvalue weighted by Crippen LogP contribution is 2.36. The fraction of sp³-hybridized carbons (Fsp3) is 0.0588. The lowest BCUT2D eigenvalue weighted by atomic mass is 9.97. The number of benzene rings is 2. The predicted molar refractivity (Wildman–Crippen MR) is 78.4 cm³/mol. The van der Waals surface area contributed by atoms with Gasteiger partial charge in [-0.1, -0.05) is 18.2 Å². The average Bonchev–Trinajstić information content (AvgIpc) is 2.53. The van der Waals surface area contributed by atoms with E-state index in [4.69, 9.17) is 10.00 Å². The summed E-state index contributed by atoms with van der Waals surface area (Å²) >= 11 is 0. The van der Waals surface area contributed by atoms with Gasteiger partial charge in [-0.25, -0.2) is 0 Å². The van der Waals surface area contributed by atoms with Crippen LogP contribution in [0.1, 0.15) is 5.56 Å². The summed E-state index contributed by atoms with van der Waals surface area (Å²) in [7, 11) is 1.65. The molecule has 0 atom stereocenters. The van der Waals surface area contributed by atoms with E-state index in [1.54, 1.807) is 19.4 Å². The van der Waals surface area contributed by atoms with Crippen LogP contribution in [-0.2, 0) is 0 Å². The molecule has 0 bridgehead atoms. The number of fused-ring (bicyclic) bond motifs is 1. The van der Waals surface area contributed by atoms with Gasteiger partial charge in [-0.05, 0) is 35.2 Å². The maximum absolute atomic E-state index is 9.06. The summed E-state index contributed by atoms with van der Waals surface area (Å²) < 4.78 is 5.47. The fourth-order valence-electron chi connectivity index (χ4n) is 2.35. The van der Waals surface area contributed by atoms with Crippen LogP contribution in [0.5, 0.6) is 5.75 Å². The highest BCUT2D eigenvalue weighted by atomic mass is 16.5. The summed E-state index contributed by atoms with van der Waals surface area (Å²) in [4.78, 5) is 4.20. The third-order valence-electron chi connectivity index (χ3n) is 3.29. The van der Waals surface area contributed by atoms with Crippen molar-refractivity contribution in [2.24, 2.45) is 0 Å². The smallest absolute Gasteiger partial charge is 0.127 e. The first-order valence-electron chi connectivity index (χ1n) is 6.25. The molecule has 96 valence electrons. The van der Waals surface area contributed by atoms with Crippen LogP contribution in [-0.4, -0.2) is 12.1 Å². The molecule has 0 saturated carbocycles. The minimum absolute atomic E-state index is 0.630. The molecule has 0 aliphatic heterocycles. The number of rotatable bonds is 2. The van der Waals surface area contributed by atoms with E-state index in [1.165, 1.54) is 0 Å². The predicted octanol–water partition coefficient (Wildman–Crippen LogP) is 3.78. The van der Waals surface area contributed by atoms with Gasteiger partial charge in [0.05, 0.1) is 18.7 Å². The SMILES string of the molecule is COc1ccc2ccncc2c1-c1cccc(C#N)c1. The van der Waals surface area contributed by atoms with E-state index in [2.05, 4.69) is 11.1 Å². The maximum atomic E-state index is 9.06. The molecular formula is C17H12N2O. The molecule has 3 nitrogen and oxygen atoms in total. The molecule has 20 heavy (non-hydrogen) atoms. The largest absolute Gasteiger partial charge is 0.496 e. The van der Waals surface area contributed by atoms with Gasteiger partial charge in [0.1, 0.15) is 5.75 Å². The van der Waals surface area contributed by atoms with E-state index in [1.807, 2.05) is 42.6 Å². The van der Waals surface area contributed by atoms with Gasteiger partial charge in [0.2, 0.25) is 0 Å². The standard InChI is InChI=1S/C17H12N2O/c1-20-16-6-5-13-7-8-19-11-15(13)17(16)14-4-2-3-12(9-14)10-18/h2-9,11H,1H3. The Kier molecular flexibility index (Phi) is 3.06. The molecule has 0 spiro atoms. The third-order valence-corrected chi connectivity index (χ3v) is 3.29. The lowest BCUT2D eigenvalue weighted by molar-refractivity contribution is 0.417. The van der Waals surface area contributed by atoms with Gasteiger partial charge in [-0.2, -0.15) is 5.26 Å². The van der Waals surface area contributed by atoms with Crippen LogP contribution in [0, 0.1) is 11.3 Å². The fourth-order valence-corrected chi connectivity index (χ4v) is 2.35. The van der Waals surface area contributed by atoms with E-state index < -0.39 is 0 Å². The summed E-state index contributed by atoms with van der Waals surface area (Å²) in [5, 5.41) is 11.2. The maximum Gasteiger partial charge on any atom is 0.127 e. The van der Waals surface area contributed by atoms with Crippen LogP contribution in [0.15, 0.2) is 54.9 Å². The second kappa shape index (κ2) is 5.02. The number of pyridine rings is 1. The van der Waals surface area contributed by atoms with Gasteiger partial charge in [0.25, 0.3) is 0 Å². The molecule has 1 heterocycles. The van der Waals surface area contributed by atoms with Crippen molar-refractivity contribution >= 4 is 10.8 Å². The number of methoxy groups -OCH3 is 1. The zero-order valence-corrected chi connectivity index (χ0v) is 11.0. The monoisotopic (exact) mass is 260 g/mol. The van der Waals surface area contributed by atoms with Crippen LogP contribution >= 0.6 is 0 Å². The number of nitrogens with zero attached hydrogens (tertiary/aromatic N) is 2. The van der Waals surface area contributed by atoms with Gasteiger partial charge in [-0.3, -0.25) is 4.98 Å². The van der Waals surface area contributed by atoms with Crippen LogP contribution in [0.4, 0.5) is 0 Å². The van der Waals surface area contributed by atoms with Crippen LogP contribution in [0.3, 0.4) is 0 Å². The zero-order chi connectivity index (χ0) is 13.9. The van der Waals surface area contributed by atoms with E-state index >= 15 is 0 Å². The first-order chi connectivity index (χ1) is 9.83. The van der Waals surface area contributed by atoms with Gasteiger partial charge in [0.15, 0.2) is 0 Å². The number of hydrogen-bond acceptors (Lipinski definition) is 3. The molecule has 3 rings (SSSR count). The van der Waals surface area contributed by atoms with Crippen molar-refractivity contribution in [3.05, 3.63) is 60.4 Å². The number of ether oxygens (including phenoxy) is 1. The van der Waals surface area contributed by atoms with E-state index in [0.717, 1.165) is 27.6 Å². The van der Waals surface area contributed by atoms with Crippen molar-refractivity contribution in [3.63, 3.8) is 0 Å². The molecule has 0 amide bonds. The molecular weight excluding hydrogens is 248 g/mol. The summed E-state index contributed by atoms with van der Waals surface area (Å²) in [6.07, 6.45) is 3.59. The lowest BCUT2D eigenvalue weighted by Crippen LogP contribution is -1.90. The molecule has 0 radical (unpaired) electrons. The molecule has 2 aromatic carbocycles. The molecule has 0 unspecified atom stereocenters. The average molecular weight is 260 g/mol.